The average Bonchev–Trinajstić information content (AvgIpc) is 2.56. The Morgan fingerprint density at radius 1 is 0.955 bits per heavy atom. The van der Waals surface area contributed by atoms with E-state index in [-0.39, 0.29) is 0 Å². The van der Waals surface area contributed by atoms with E-state index >= 15 is 0 Å². The lowest BCUT2D eigenvalue weighted by Gasteiger charge is -2.07. The van der Waals surface area contributed by atoms with Crippen molar-refractivity contribution in [3.8, 4) is 16.9 Å². The van der Waals surface area contributed by atoms with Crippen LogP contribution in [0.1, 0.15) is 0 Å². The summed E-state index contributed by atoms with van der Waals surface area (Å²) in [6.07, 6.45) is 3.56. The van der Waals surface area contributed by atoms with Gasteiger partial charge in [0.2, 0.25) is 5.95 Å². The van der Waals surface area contributed by atoms with Crippen molar-refractivity contribution in [2.45, 2.75) is 0 Å². The second kappa shape index (κ2) is 6.13. The molecular formula is C17H16N4O. The maximum atomic E-state index is 5.74. The molecule has 0 aliphatic carbocycles. The van der Waals surface area contributed by atoms with E-state index in [2.05, 4.69) is 15.3 Å². The van der Waals surface area contributed by atoms with E-state index in [4.69, 9.17) is 10.5 Å². The van der Waals surface area contributed by atoms with Crippen molar-refractivity contribution in [2.24, 2.45) is 0 Å². The highest BCUT2D eigenvalue weighted by atomic mass is 16.5. The highest BCUT2D eigenvalue weighted by Crippen LogP contribution is 2.22. The summed E-state index contributed by atoms with van der Waals surface area (Å²) in [5, 5.41) is 3.12. The van der Waals surface area contributed by atoms with Gasteiger partial charge in [-0.2, -0.15) is 0 Å². The average molecular weight is 292 g/mol. The van der Waals surface area contributed by atoms with Gasteiger partial charge in [-0.15, -0.1) is 0 Å². The molecule has 3 N–H and O–H groups in total. The Hall–Kier alpha value is -3.08. The number of benzene rings is 2. The van der Waals surface area contributed by atoms with Crippen molar-refractivity contribution in [1.29, 1.82) is 0 Å². The summed E-state index contributed by atoms with van der Waals surface area (Å²) in [7, 11) is 1.65. The highest BCUT2D eigenvalue weighted by Gasteiger charge is 2.02. The lowest BCUT2D eigenvalue weighted by molar-refractivity contribution is 0.415. The molecule has 0 aliphatic rings. The van der Waals surface area contributed by atoms with E-state index in [1.165, 1.54) is 0 Å². The number of nitrogens with one attached hydrogen (secondary N) is 1. The molecule has 1 heterocycles. The summed E-state index contributed by atoms with van der Waals surface area (Å²) in [6, 6.07) is 15.2. The van der Waals surface area contributed by atoms with Crippen molar-refractivity contribution in [2.75, 3.05) is 18.2 Å². The number of aromatic nitrogens is 2. The van der Waals surface area contributed by atoms with Gasteiger partial charge in [0.1, 0.15) is 5.75 Å². The van der Waals surface area contributed by atoms with Crippen LogP contribution in [0.15, 0.2) is 60.9 Å². The Labute approximate surface area is 128 Å². The fourth-order valence-corrected chi connectivity index (χ4v) is 2.07. The topological polar surface area (TPSA) is 73.1 Å². The van der Waals surface area contributed by atoms with Crippen LogP contribution in [0.3, 0.4) is 0 Å². The molecule has 0 fully saturated rings. The summed E-state index contributed by atoms with van der Waals surface area (Å²) in [4.78, 5) is 8.66. The zero-order valence-corrected chi connectivity index (χ0v) is 12.2. The van der Waals surface area contributed by atoms with Gasteiger partial charge in [-0.25, -0.2) is 9.97 Å². The second-order valence-corrected chi connectivity index (χ2v) is 4.77. The SMILES string of the molecule is COc1ccc(-c2cnc(Nc3cccc(N)c3)nc2)cc1. The van der Waals surface area contributed by atoms with Crippen molar-refractivity contribution < 1.29 is 4.74 Å². The zero-order valence-electron chi connectivity index (χ0n) is 12.2. The van der Waals surface area contributed by atoms with Crippen molar-refractivity contribution in [1.82, 2.24) is 9.97 Å². The van der Waals surface area contributed by atoms with Crippen molar-refractivity contribution in [3.63, 3.8) is 0 Å². The normalized spacial score (nSPS) is 10.2. The van der Waals surface area contributed by atoms with E-state index in [0.29, 0.717) is 11.6 Å². The molecule has 5 heteroatoms. The van der Waals surface area contributed by atoms with Crippen LogP contribution in [0.4, 0.5) is 17.3 Å². The van der Waals surface area contributed by atoms with E-state index < -0.39 is 0 Å². The van der Waals surface area contributed by atoms with E-state index in [0.717, 1.165) is 22.6 Å². The van der Waals surface area contributed by atoms with E-state index in [1.807, 2.05) is 48.5 Å². The molecule has 1 aromatic heterocycles. The number of nitrogens with two attached hydrogens (primary N) is 1. The Kier molecular flexibility index (Phi) is 3.87. The van der Waals surface area contributed by atoms with E-state index in [9.17, 15) is 0 Å². The van der Waals surface area contributed by atoms with Crippen LogP contribution >= 0.6 is 0 Å². The summed E-state index contributed by atoms with van der Waals surface area (Å²) >= 11 is 0. The van der Waals surface area contributed by atoms with Crippen LogP contribution in [-0.2, 0) is 0 Å². The van der Waals surface area contributed by atoms with Gasteiger partial charge in [-0.1, -0.05) is 18.2 Å². The Balaban J connectivity index is 1.77. The van der Waals surface area contributed by atoms with Gasteiger partial charge in [0, 0.05) is 29.3 Å². The summed E-state index contributed by atoms with van der Waals surface area (Å²) in [5.74, 6) is 1.35. The van der Waals surface area contributed by atoms with Crippen molar-refractivity contribution >= 4 is 17.3 Å². The molecule has 0 saturated heterocycles. The molecule has 0 atom stereocenters. The molecule has 0 bridgehead atoms. The van der Waals surface area contributed by atoms with Crippen molar-refractivity contribution in [3.05, 3.63) is 60.9 Å². The molecule has 0 spiro atoms. The first-order chi connectivity index (χ1) is 10.7. The minimum absolute atomic E-state index is 0.530. The first-order valence-electron chi connectivity index (χ1n) is 6.83. The maximum absolute atomic E-state index is 5.74. The molecule has 2 aromatic carbocycles. The third-order valence-corrected chi connectivity index (χ3v) is 3.22. The molecule has 3 aromatic rings. The predicted octanol–water partition coefficient (Wildman–Crippen LogP) is 3.48. The monoisotopic (exact) mass is 292 g/mol. The second-order valence-electron chi connectivity index (χ2n) is 4.77. The molecule has 5 nitrogen and oxygen atoms in total. The van der Waals surface area contributed by atoms with Crippen LogP contribution in [0.2, 0.25) is 0 Å². The molecule has 0 unspecified atom stereocenters. The molecular weight excluding hydrogens is 276 g/mol. The van der Waals surface area contributed by atoms with Gasteiger partial charge in [0.15, 0.2) is 0 Å². The number of rotatable bonds is 4. The number of hydrogen-bond donors (Lipinski definition) is 2. The van der Waals surface area contributed by atoms with Gasteiger partial charge in [-0.3, -0.25) is 0 Å². The first-order valence-corrected chi connectivity index (χ1v) is 6.83. The van der Waals surface area contributed by atoms with Gasteiger partial charge >= 0.3 is 0 Å². The van der Waals surface area contributed by atoms with Gasteiger partial charge in [0.05, 0.1) is 7.11 Å². The number of anilines is 3. The van der Waals surface area contributed by atoms with Gasteiger partial charge < -0.3 is 15.8 Å². The fourth-order valence-electron chi connectivity index (χ4n) is 2.07. The zero-order chi connectivity index (χ0) is 15.4. The smallest absolute Gasteiger partial charge is 0.227 e. The number of ether oxygens (including phenoxy) is 1. The molecule has 3 rings (SSSR count). The quantitative estimate of drug-likeness (QED) is 0.720. The standard InChI is InChI=1S/C17H16N4O/c1-22-16-7-5-12(6-8-16)13-10-19-17(20-11-13)21-15-4-2-3-14(18)9-15/h2-11H,18H2,1H3,(H,19,20,21). The summed E-state index contributed by atoms with van der Waals surface area (Å²) in [6.45, 7) is 0. The molecule has 0 saturated carbocycles. The minimum Gasteiger partial charge on any atom is -0.497 e. The Morgan fingerprint density at radius 2 is 1.68 bits per heavy atom. The van der Waals surface area contributed by atoms with Crippen LogP contribution in [0.5, 0.6) is 5.75 Å². The third kappa shape index (κ3) is 3.15. The third-order valence-electron chi connectivity index (χ3n) is 3.22. The summed E-state index contributed by atoms with van der Waals surface area (Å²) < 4.78 is 5.15. The summed E-state index contributed by atoms with van der Waals surface area (Å²) in [5.41, 5.74) is 9.28. The number of methoxy groups -OCH3 is 1. The Bertz CT molecular complexity index is 754. The lowest BCUT2D eigenvalue weighted by atomic mass is 10.1. The number of nitrogen functional groups attached to an aromatic ring is 1. The minimum atomic E-state index is 0.530. The molecule has 0 amide bonds. The number of nitrogens with zero attached hydrogens (tertiary/aromatic N) is 2. The lowest BCUT2D eigenvalue weighted by Crippen LogP contribution is -1.97. The fraction of sp³-hybridized carbons (Fsp3) is 0.0588. The van der Waals surface area contributed by atoms with Crippen LogP contribution in [-0.4, -0.2) is 17.1 Å². The highest BCUT2D eigenvalue weighted by molar-refractivity contribution is 5.64. The number of hydrogen-bond acceptors (Lipinski definition) is 5. The molecule has 110 valence electrons. The molecule has 0 radical (unpaired) electrons. The first kappa shape index (κ1) is 13.9. The maximum Gasteiger partial charge on any atom is 0.227 e. The van der Waals surface area contributed by atoms with Crippen LogP contribution in [0.25, 0.3) is 11.1 Å². The largest absolute Gasteiger partial charge is 0.497 e. The predicted molar refractivity (Wildman–Crippen MR) is 88.2 cm³/mol. The molecule has 22 heavy (non-hydrogen) atoms. The van der Waals surface area contributed by atoms with Crippen LogP contribution < -0.4 is 15.8 Å². The molecule has 0 aliphatic heterocycles. The van der Waals surface area contributed by atoms with Gasteiger partial charge in [0.25, 0.3) is 0 Å². The van der Waals surface area contributed by atoms with Crippen LogP contribution in [0, 0.1) is 0 Å². The van der Waals surface area contributed by atoms with Gasteiger partial charge in [-0.05, 0) is 35.9 Å². The van der Waals surface area contributed by atoms with E-state index in [1.54, 1.807) is 19.5 Å². The Morgan fingerprint density at radius 3 is 2.32 bits per heavy atom.